The first-order valence-electron chi connectivity index (χ1n) is 22.7. The second-order valence-corrected chi connectivity index (χ2v) is 18.2. The van der Waals surface area contributed by atoms with E-state index in [1.807, 2.05) is 6.07 Å². The van der Waals surface area contributed by atoms with Crippen LogP contribution in [0.1, 0.15) is 30.9 Å². The van der Waals surface area contributed by atoms with Gasteiger partial charge in [0.15, 0.2) is 5.82 Å². The van der Waals surface area contributed by atoms with Gasteiger partial charge in [-0.05, 0) is 106 Å². The van der Waals surface area contributed by atoms with Crippen molar-refractivity contribution in [3.63, 3.8) is 0 Å². The highest BCUT2D eigenvalue weighted by Gasteiger charge is 2.44. The van der Waals surface area contributed by atoms with Crippen molar-refractivity contribution >= 4 is 43.6 Å². The van der Waals surface area contributed by atoms with Crippen molar-refractivity contribution in [2.24, 2.45) is 5.92 Å². The Morgan fingerprint density at radius 3 is 1.55 bits per heavy atom. The van der Waals surface area contributed by atoms with Crippen LogP contribution in [0.15, 0.2) is 218 Å². The van der Waals surface area contributed by atoms with Crippen molar-refractivity contribution in [3.8, 4) is 56.4 Å². The summed E-state index contributed by atoms with van der Waals surface area (Å²) in [4.78, 5) is 10.4. The Kier molecular flexibility index (Phi) is 8.35. The fourth-order valence-corrected chi connectivity index (χ4v) is 11.0. The van der Waals surface area contributed by atoms with Gasteiger partial charge in [-0.1, -0.05) is 159 Å². The van der Waals surface area contributed by atoms with Crippen LogP contribution in [0, 0.1) is 5.92 Å². The van der Waals surface area contributed by atoms with E-state index in [9.17, 15) is 0 Å². The zero-order valence-corrected chi connectivity index (χ0v) is 36.2. The maximum atomic E-state index is 5.22. The molecule has 0 N–H and O–H groups in total. The average Bonchev–Trinajstić information content (AvgIpc) is 3.96. The normalized spacial score (nSPS) is 16.2. The molecule has 8 aromatic carbocycles. The van der Waals surface area contributed by atoms with Crippen LogP contribution in [0.25, 0.3) is 100 Å². The number of hydrogen-bond donors (Lipinski definition) is 0. The Bertz CT molecular complexity index is 3740. The first-order valence-corrected chi connectivity index (χ1v) is 22.7. The molecular formula is C61H44N4. The van der Waals surface area contributed by atoms with Gasteiger partial charge >= 0.3 is 0 Å². The summed E-state index contributed by atoms with van der Waals surface area (Å²) in [5, 5.41) is 4.96. The maximum Gasteiger partial charge on any atom is 0.160 e. The number of rotatable bonds is 6. The van der Waals surface area contributed by atoms with Crippen molar-refractivity contribution in [2.75, 3.05) is 0 Å². The number of aromatic nitrogens is 4. The van der Waals surface area contributed by atoms with Gasteiger partial charge in [0.2, 0.25) is 0 Å². The quantitative estimate of drug-likeness (QED) is 0.167. The summed E-state index contributed by atoms with van der Waals surface area (Å²) in [6.45, 7) is 4.77. The number of nitrogens with zero attached hydrogens (tertiary/aromatic N) is 4. The van der Waals surface area contributed by atoms with E-state index in [2.05, 4.69) is 235 Å². The first-order chi connectivity index (χ1) is 32.0. The summed E-state index contributed by atoms with van der Waals surface area (Å²) < 4.78 is 4.77. The van der Waals surface area contributed by atoms with Crippen molar-refractivity contribution in [1.29, 1.82) is 0 Å². The molecule has 13 rings (SSSR count). The van der Waals surface area contributed by atoms with Crippen molar-refractivity contribution in [3.05, 3.63) is 230 Å². The molecule has 0 amide bonds. The van der Waals surface area contributed by atoms with Crippen LogP contribution in [-0.4, -0.2) is 19.1 Å². The van der Waals surface area contributed by atoms with Crippen LogP contribution in [0.3, 0.4) is 0 Å². The molecule has 0 aliphatic heterocycles. The predicted octanol–water partition coefficient (Wildman–Crippen LogP) is 15.5. The summed E-state index contributed by atoms with van der Waals surface area (Å²) in [5.74, 6) is 1.58. The Morgan fingerprint density at radius 1 is 0.400 bits per heavy atom. The van der Waals surface area contributed by atoms with Gasteiger partial charge < -0.3 is 9.13 Å². The molecule has 3 heterocycles. The summed E-state index contributed by atoms with van der Waals surface area (Å²) >= 11 is 0. The number of para-hydroxylation sites is 3. The van der Waals surface area contributed by atoms with E-state index >= 15 is 0 Å². The minimum absolute atomic E-state index is 0.0133. The predicted molar refractivity (Wildman–Crippen MR) is 270 cm³/mol. The van der Waals surface area contributed by atoms with Gasteiger partial charge in [-0.15, -0.1) is 0 Å². The molecule has 2 aliphatic rings. The van der Waals surface area contributed by atoms with E-state index in [1.165, 1.54) is 71.6 Å². The molecule has 2 unspecified atom stereocenters. The lowest BCUT2D eigenvalue weighted by atomic mass is 9.74. The summed E-state index contributed by atoms with van der Waals surface area (Å²) in [5.41, 5.74) is 17.3. The first kappa shape index (κ1) is 37.5. The second kappa shape index (κ2) is 14.5. The van der Waals surface area contributed by atoms with Crippen molar-refractivity contribution < 1.29 is 0 Å². The van der Waals surface area contributed by atoms with Gasteiger partial charge in [0, 0.05) is 55.5 Å². The number of hydrogen-bond acceptors (Lipinski definition) is 2. The summed E-state index contributed by atoms with van der Waals surface area (Å²) in [6, 6.07) is 70.4. The molecule has 0 spiro atoms. The fraction of sp³-hybridized carbons (Fsp3) is 0.0820. The fourth-order valence-electron chi connectivity index (χ4n) is 11.0. The molecule has 0 saturated heterocycles. The Hall–Kier alpha value is -8.08. The van der Waals surface area contributed by atoms with E-state index in [0.717, 1.165) is 39.6 Å². The zero-order valence-electron chi connectivity index (χ0n) is 36.2. The van der Waals surface area contributed by atoms with Gasteiger partial charge in [-0.25, -0.2) is 9.97 Å². The smallest absolute Gasteiger partial charge is 0.160 e. The summed E-state index contributed by atoms with van der Waals surface area (Å²) in [6.07, 6.45) is 9.15. The molecule has 0 saturated carbocycles. The van der Waals surface area contributed by atoms with E-state index < -0.39 is 0 Å². The Morgan fingerprint density at radius 2 is 0.908 bits per heavy atom. The van der Waals surface area contributed by atoms with Crippen LogP contribution in [0.4, 0.5) is 0 Å². The topological polar surface area (TPSA) is 35.6 Å². The molecule has 0 radical (unpaired) electrons. The van der Waals surface area contributed by atoms with Crippen LogP contribution in [0.2, 0.25) is 0 Å². The Balaban J connectivity index is 0.892. The number of allylic oxidation sites excluding steroid dienone is 4. The van der Waals surface area contributed by atoms with E-state index in [4.69, 9.17) is 9.97 Å². The lowest BCUT2D eigenvalue weighted by molar-refractivity contribution is 0.394. The SMILES string of the molecule is CC1(C)c2cc(-c3cc(-c4ccc(-n5c6ccccc6c6cc(-c7ccc8c(c7)c7ccccc7n8-c7ccccc7)ccc65)cc4)nc(-c4ccccc4)n3)ccc2C2C=CC=CC21. The van der Waals surface area contributed by atoms with Crippen LogP contribution < -0.4 is 0 Å². The van der Waals surface area contributed by atoms with Gasteiger partial charge in [-0.3, -0.25) is 0 Å². The highest BCUT2D eigenvalue weighted by Crippen LogP contribution is 2.53. The maximum absolute atomic E-state index is 5.22. The molecule has 11 aromatic rings. The highest BCUT2D eigenvalue weighted by molar-refractivity contribution is 6.12. The van der Waals surface area contributed by atoms with Crippen LogP contribution >= 0.6 is 0 Å². The van der Waals surface area contributed by atoms with Crippen LogP contribution in [0.5, 0.6) is 0 Å². The molecule has 4 nitrogen and oxygen atoms in total. The highest BCUT2D eigenvalue weighted by atomic mass is 15.0. The van der Waals surface area contributed by atoms with Crippen molar-refractivity contribution in [1.82, 2.24) is 19.1 Å². The average molecular weight is 833 g/mol. The number of fused-ring (bicyclic) bond motifs is 9. The molecule has 2 aliphatic carbocycles. The third-order valence-corrected chi connectivity index (χ3v) is 14.2. The minimum Gasteiger partial charge on any atom is -0.309 e. The monoisotopic (exact) mass is 832 g/mol. The lowest BCUT2D eigenvalue weighted by Crippen LogP contribution is -2.24. The van der Waals surface area contributed by atoms with Crippen molar-refractivity contribution in [2.45, 2.75) is 25.2 Å². The van der Waals surface area contributed by atoms with Crippen LogP contribution in [-0.2, 0) is 5.41 Å². The number of benzene rings is 8. The summed E-state index contributed by atoms with van der Waals surface area (Å²) in [7, 11) is 0. The van der Waals surface area contributed by atoms with Gasteiger partial charge in [0.05, 0.1) is 33.5 Å². The third-order valence-electron chi connectivity index (χ3n) is 14.2. The molecular weight excluding hydrogens is 789 g/mol. The van der Waals surface area contributed by atoms with E-state index in [-0.39, 0.29) is 5.41 Å². The lowest BCUT2D eigenvalue weighted by Gasteiger charge is -2.29. The molecule has 4 heteroatoms. The molecule has 2 atom stereocenters. The molecule has 0 bridgehead atoms. The molecule has 65 heavy (non-hydrogen) atoms. The van der Waals surface area contributed by atoms with Gasteiger partial charge in [0.1, 0.15) is 0 Å². The third kappa shape index (κ3) is 5.91. The second-order valence-electron chi connectivity index (χ2n) is 18.2. The van der Waals surface area contributed by atoms with Gasteiger partial charge in [0.25, 0.3) is 0 Å². The molecule has 0 fully saturated rings. The van der Waals surface area contributed by atoms with E-state index in [1.54, 1.807) is 0 Å². The van der Waals surface area contributed by atoms with Gasteiger partial charge in [-0.2, -0.15) is 0 Å². The Labute approximate surface area is 378 Å². The van der Waals surface area contributed by atoms with E-state index in [0.29, 0.717) is 11.8 Å². The molecule has 308 valence electrons. The standard InChI is InChI=1S/C61H44N4/c1-61(2)52-22-12-9-19-46(52)47-32-27-43(37-53(47)61)55-38-54(62-60(63-55)40-15-5-3-6-16-40)39-25-30-45(31-26-39)65-57-24-14-11-21-49(57)51-36-42(29-34-59(51)65)41-28-33-58-50(35-41)48-20-10-13-23-56(48)64(58)44-17-7-4-8-18-44/h3-38,46,52H,1-2H3. The zero-order chi connectivity index (χ0) is 43.2. The largest absolute Gasteiger partial charge is 0.309 e. The molecule has 3 aromatic heterocycles. The minimum atomic E-state index is 0.0133.